The summed E-state index contributed by atoms with van der Waals surface area (Å²) in [6.45, 7) is 2.86. The smallest absolute Gasteiger partial charge is 0.328 e. The monoisotopic (exact) mass is 221 g/mol. The Morgan fingerprint density at radius 3 is 2.75 bits per heavy atom. The van der Waals surface area contributed by atoms with Gasteiger partial charge in [0.1, 0.15) is 6.54 Å². The molecule has 0 atom stereocenters. The van der Waals surface area contributed by atoms with Crippen LogP contribution in [0.4, 0.5) is 0 Å². The number of aromatic nitrogens is 3. The number of carbonyl (C=O) groups is 2. The Hall–Kier alpha value is -2.16. The highest BCUT2D eigenvalue weighted by molar-refractivity contribution is 5.93. The van der Waals surface area contributed by atoms with E-state index in [4.69, 9.17) is 6.42 Å². The Morgan fingerprint density at radius 2 is 2.25 bits per heavy atom. The van der Waals surface area contributed by atoms with Gasteiger partial charge in [-0.3, -0.25) is 9.59 Å². The molecule has 0 aromatic carbocycles. The predicted molar refractivity (Wildman–Crippen MR) is 54.6 cm³/mol. The minimum absolute atomic E-state index is 0.0772. The second-order valence-corrected chi connectivity index (χ2v) is 3.10. The van der Waals surface area contributed by atoms with Gasteiger partial charge in [0.15, 0.2) is 18.1 Å². The van der Waals surface area contributed by atoms with Crippen molar-refractivity contribution in [3.05, 3.63) is 11.4 Å². The van der Waals surface area contributed by atoms with Gasteiger partial charge in [0, 0.05) is 6.92 Å². The highest BCUT2D eigenvalue weighted by atomic mass is 16.5. The lowest BCUT2D eigenvalue weighted by Crippen LogP contribution is -2.16. The van der Waals surface area contributed by atoms with Crippen LogP contribution in [0.25, 0.3) is 0 Å². The molecule has 0 N–H and O–H groups in total. The first-order valence-electron chi connectivity index (χ1n) is 4.56. The second kappa shape index (κ2) is 5.07. The fraction of sp³-hybridized carbons (Fsp3) is 0.400. The summed E-state index contributed by atoms with van der Waals surface area (Å²) >= 11 is 0. The van der Waals surface area contributed by atoms with Gasteiger partial charge in [-0.05, 0) is 6.92 Å². The summed E-state index contributed by atoms with van der Waals surface area (Å²) in [5.41, 5.74) is 0.787. The van der Waals surface area contributed by atoms with Crippen molar-refractivity contribution in [2.45, 2.75) is 20.4 Å². The summed E-state index contributed by atoms with van der Waals surface area (Å²) in [5, 5.41) is 7.34. The molecule has 16 heavy (non-hydrogen) atoms. The van der Waals surface area contributed by atoms with Gasteiger partial charge in [-0.25, -0.2) is 4.68 Å². The lowest BCUT2D eigenvalue weighted by atomic mass is 10.2. The van der Waals surface area contributed by atoms with Gasteiger partial charge in [0.2, 0.25) is 0 Å². The molecule has 0 amide bonds. The maximum Gasteiger partial charge on any atom is 0.328 e. The number of terminal acetylenes is 1. The molecule has 1 rings (SSSR count). The van der Waals surface area contributed by atoms with E-state index < -0.39 is 5.97 Å². The van der Waals surface area contributed by atoms with Crippen molar-refractivity contribution in [2.24, 2.45) is 0 Å². The number of ketones is 1. The molecule has 0 aliphatic rings. The van der Waals surface area contributed by atoms with Crippen LogP contribution in [-0.4, -0.2) is 33.4 Å². The van der Waals surface area contributed by atoms with Gasteiger partial charge in [-0.15, -0.1) is 11.5 Å². The Labute approximate surface area is 92.6 Å². The Kier molecular flexibility index (Phi) is 3.78. The number of rotatable bonds is 4. The zero-order valence-corrected chi connectivity index (χ0v) is 9.06. The molecule has 0 aliphatic carbocycles. The van der Waals surface area contributed by atoms with E-state index in [2.05, 4.69) is 21.0 Å². The number of carbonyl (C=O) groups excluding carboxylic acids is 2. The third-order valence-electron chi connectivity index (χ3n) is 1.91. The van der Waals surface area contributed by atoms with Crippen LogP contribution in [0, 0.1) is 19.3 Å². The van der Waals surface area contributed by atoms with Crippen molar-refractivity contribution < 1.29 is 14.3 Å². The first-order chi connectivity index (χ1) is 7.56. The number of ether oxygens (including phenoxy) is 1. The summed E-state index contributed by atoms with van der Waals surface area (Å²) in [7, 11) is 0. The van der Waals surface area contributed by atoms with Crippen molar-refractivity contribution in [3.8, 4) is 12.3 Å². The van der Waals surface area contributed by atoms with Crippen molar-refractivity contribution in [3.63, 3.8) is 0 Å². The molecule has 0 radical (unpaired) electrons. The van der Waals surface area contributed by atoms with Gasteiger partial charge in [0.25, 0.3) is 0 Å². The summed E-state index contributed by atoms with van der Waals surface area (Å²) in [5.74, 6) is 1.47. The molecule has 0 aliphatic heterocycles. The van der Waals surface area contributed by atoms with E-state index in [1.54, 1.807) is 6.92 Å². The zero-order valence-electron chi connectivity index (χ0n) is 9.06. The van der Waals surface area contributed by atoms with Gasteiger partial charge < -0.3 is 4.74 Å². The van der Waals surface area contributed by atoms with E-state index in [1.807, 2.05) is 0 Å². The van der Waals surface area contributed by atoms with Gasteiger partial charge in [0.05, 0.1) is 5.69 Å². The molecule has 84 valence electrons. The van der Waals surface area contributed by atoms with E-state index in [0.717, 1.165) is 0 Å². The molecular formula is C10H11N3O3. The van der Waals surface area contributed by atoms with Crippen LogP contribution in [0.3, 0.4) is 0 Å². The molecule has 6 heteroatoms. The van der Waals surface area contributed by atoms with Crippen LogP contribution in [-0.2, 0) is 16.1 Å². The van der Waals surface area contributed by atoms with Crippen LogP contribution < -0.4 is 0 Å². The molecule has 0 saturated heterocycles. The van der Waals surface area contributed by atoms with Crippen molar-refractivity contribution in [2.75, 3.05) is 6.61 Å². The van der Waals surface area contributed by atoms with Crippen LogP contribution in [0.15, 0.2) is 0 Å². The van der Waals surface area contributed by atoms with Crippen LogP contribution in [0.2, 0.25) is 0 Å². The number of nitrogens with zero attached hydrogens (tertiary/aromatic N) is 3. The predicted octanol–water partition coefficient (Wildman–Crippen LogP) is -0.0345. The molecule has 1 aromatic rings. The third kappa shape index (κ3) is 2.67. The minimum Gasteiger partial charge on any atom is -0.451 e. The summed E-state index contributed by atoms with van der Waals surface area (Å²) in [6.07, 6.45) is 4.94. The summed E-state index contributed by atoms with van der Waals surface area (Å²) in [6, 6.07) is 0. The molecule has 1 heterocycles. The lowest BCUT2D eigenvalue weighted by molar-refractivity contribution is -0.143. The molecule has 1 aromatic heterocycles. The number of hydrogen-bond acceptors (Lipinski definition) is 5. The fourth-order valence-corrected chi connectivity index (χ4v) is 1.13. The molecule has 6 nitrogen and oxygen atoms in total. The Morgan fingerprint density at radius 1 is 1.56 bits per heavy atom. The average Bonchev–Trinajstić information content (AvgIpc) is 2.57. The molecular weight excluding hydrogens is 210 g/mol. The second-order valence-electron chi connectivity index (χ2n) is 3.10. The number of hydrogen-bond donors (Lipinski definition) is 0. The van der Waals surface area contributed by atoms with Crippen molar-refractivity contribution in [1.29, 1.82) is 0 Å². The Balaban J connectivity index is 2.72. The van der Waals surface area contributed by atoms with Gasteiger partial charge in [-0.1, -0.05) is 11.1 Å². The largest absolute Gasteiger partial charge is 0.451 e. The molecule has 0 fully saturated rings. The SMILES string of the molecule is C#CCOC(=O)Cn1nnc(C(C)=O)c1C. The van der Waals surface area contributed by atoms with E-state index >= 15 is 0 Å². The van der Waals surface area contributed by atoms with Crippen LogP contribution in [0.1, 0.15) is 23.1 Å². The van der Waals surface area contributed by atoms with Gasteiger partial charge in [-0.2, -0.15) is 0 Å². The topological polar surface area (TPSA) is 74.1 Å². The standard InChI is InChI=1S/C10H11N3O3/c1-4-5-16-9(15)6-13-7(2)10(8(3)14)11-12-13/h1H,5-6H2,2-3H3. The maximum atomic E-state index is 11.2. The van der Waals surface area contributed by atoms with Crippen LogP contribution in [0.5, 0.6) is 0 Å². The molecule has 0 bridgehead atoms. The quantitative estimate of drug-likeness (QED) is 0.405. The van der Waals surface area contributed by atoms with E-state index in [0.29, 0.717) is 5.69 Å². The fourth-order valence-electron chi connectivity index (χ4n) is 1.13. The summed E-state index contributed by atoms with van der Waals surface area (Å²) < 4.78 is 5.97. The third-order valence-corrected chi connectivity index (χ3v) is 1.91. The molecule has 0 saturated carbocycles. The summed E-state index contributed by atoms with van der Waals surface area (Å²) in [4.78, 5) is 22.3. The van der Waals surface area contributed by atoms with Crippen molar-refractivity contribution in [1.82, 2.24) is 15.0 Å². The van der Waals surface area contributed by atoms with Crippen molar-refractivity contribution >= 4 is 11.8 Å². The highest BCUT2D eigenvalue weighted by Gasteiger charge is 2.14. The zero-order chi connectivity index (χ0) is 12.1. The molecule has 0 spiro atoms. The van der Waals surface area contributed by atoms with E-state index in [-0.39, 0.29) is 24.6 Å². The normalized spacial score (nSPS) is 9.56. The average molecular weight is 221 g/mol. The molecule has 0 unspecified atom stereocenters. The number of Topliss-reactive ketones (excluding diaryl/α,β-unsaturated/α-hetero) is 1. The highest BCUT2D eigenvalue weighted by Crippen LogP contribution is 2.04. The van der Waals surface area contributed by atoms with Crippen LogP contribution >= 0.6 is 0 Å². The maximum absolute atomic E-state index is 11.2. The van der Waals surface area contributed by atoms with E-state index in [9.17, 15) is 9.59 Å². The lowest BCUT2D eigenvalue weighted by Gasteiger charge is -2.02. The first-order valence-corrected chi connectivity index (χ1v) is 4.56. The first kappa shape index (κ1) is 11.9. The minimum atomic E-state index is -0.513. The number of esters is 1. The Bertz CT molecular complexity index is 456. The van der Waals surface area contributed by atoms with E-state index in [1.165, 1.54) is 11.6 Å². The van der Waals surface area contributed by atoms with Gasteiger partial charge >= 0.3 is 5.97 Å².